The van der Waals surface area contributed by atoms with Crippen LogP contribution in [-0.2, 0) is 13.2 Å². The van der Waals surface area contributed by atoms with Gasteiger partial charge in [-0.25, -0.2) is 9.67 Å². The maximum absolute atomic E-state index is 12.5. The Morgan fingerprint density at radius 3 is 2.66 bits per heavy atom. The number of hydrogen-bond donors (Lipinski definition) is 1. The molecule has 0 atom stereocenters. The molecule has 0 bridgehead atoms. The summed E-state index contributed by atoms with van der Waals surface area (Å²) in [6.45, 7) is 0.828. The molecule has 144 valence electrons. The molecule has 0 unspecified atom stereocenters. The van der Waals surface area contributed by atoms with Crippen LogP contribution >= 0.6 is 0 Å². The van der Waals surface area contributed by atoms with Gasteiger partial charge in [0, 0.05) is 30.1 Å². The quantitative estimate of drug-likeness (QED) is 0.528. The summed E-state index contributed by atoms with van der Waals surface area (Å²) in [4.78, 5) is 20.5. The number of rotatable bonds is 7. The molecule has 7 nitrogen and oxygen atoms in total. The third kappa shape index (κ3) is 4.84. The molecule has 4 aromatic rings. The van der Waals surface area contributed by atoms with Crippen molar-refractivity contribution in [2.45, 2.75) is 13.2 Å². The van der Waals surface area contributed by atoms with Crippen LogP contribution in [0.1, 0.15) is 21.5 Å². The third-order valence-corrected chi connectivity index (χ3v) is 4.30. The lowest BCUT2D eigenvalue weighted by atomic mass is 10.1. The maximum Gasteiger partial charge on any atom is 0.251 e. The monoisotopic (exact) mass is 385 g/mol. The topological polar surface area (TPSA) is 81.9 Å². The molecular formula is C22H19N5O2. The lowest BCUT2D eigenvalue weighted by Gasteiger charge is -2.09. The Balaban J connectivity index is 1.33. The first kappa shape index (κ1) is 18.4. The van der Waals surface area contributed by atoms with Gasteiger partial charge in [0.1, 0.15) is 25.0 Å². The van der Waals surface area contributed by atoms with Crippen molar-refractivity contribution in [1.29, 1.82) is 0 Å². The molecule has 0 saturated heterocycles. The van der Waals surface area contributed by atoms with E-state index in [0.29, 0.717) is 24.5 Å². The predicted molar refractivity (Wildman–Crippen MR) is 108 cm³/mol. The normalized spacial score (nSPS) is 10.5. The maximum atomic E-state index is 12.5. The average molecular weight is 385 g/mol. The highest BCUT2D eigenvalue weighted by molar-refractivity contribution is 5.94. The Hall–Kier alpha value is -4.00. The highest BCUT2D eigenvalue weighted by Crippen LogP contribution is 2.15. The highest BCUT2D eigenvalue weighted by Gasteiger charge is 2.07. The summed E-state index contributed by atoms with van der Waals surface area (Å²) in [6.07, 6.45) is 6.60. The van der Waals surface area contributed by atoms with E-state index in [1.165, 1.54) is 6.33 Å². The van der Waals surface area contributed by atoms with E-state index in [9.17, 15) is 4.79 Å². The molecule has 0 aliphatic rings. The second-order valence-electron chi connectivity index (χ2n) is 6.37. The number of aromatic nitrogens is 4. The average Bonchev–Trinajstić information content (AvgIpc) is 3.32. The molecule has 0 aliphatic heterocycles. The van der Waals surface area contributed by atoms with Crippen molar-refractivity contribution in [3.05, 3.63) is 102 Å². The first-order valence-electron chi connectivity index (χ1n) is 9.12. The van der Waals surface area contributed by atoms with E-state index in [2.05, 4.69) is 20.4 Å². The third-order valence-electron chi connectivity index (χ3n) is 4.30. The van der Waals surface area contributed by atoms with Crippen LogP contribution in [-0.4, -0.2) is 25.7 Å². The number of ether oxygens (including phenoxy) is 1. The second kappa shape index (κ2) is 8.79. The smallest absolute Gasteiger partial charge is 0.251 e. The first-order chi connectivity index (χ1) is 14.3. The minimum Gasteiger partial charge on any atom is -0.489 e. The van der Waals surface area contributed by atoms with Gasteiger partial charge in [0.25, 0.3) is 5.91 Å². The Morgan fingerprint density at radius 1 is 1.00 bits per heavy atom. The number of carbonyl (C=O) groups excluding carboxylic acids is 1. The van der Waals surface area contributed by atoms with Gasteiger partial charge in [-0.1, -0.05) is 24.3 Å². The summed E-state index contributed by atoms with van der Waals surface area (Å²) in [5.74, 6) is 0.482. The van der Waals surface area contributed by atoms with E-state index in [4.69, 9.17) is 4.74 Å². The number of nitrogens with zero attached hydrogens (tertiary/aromatic N) is 4. The fourth-order valence-corrected chi connectivity index (χ4v) is 2.77. The van der Waals surface area contributed by atoms with Gasteiger partial charge >= 0.3 is 0 Å². The van der Waals surface area contributed by atoms with Crippen LogP contribution in [0.25, 0.3) is 5.69 Å². The van der Waals surface area contributed by atoms with Gasteiger partial charge in [-0.2, -0.15) is 5.10 Å². The molecule has 2 aromatic heterocycles. The van der Waals surface area contributed by atoms with E-state index < -0.39 is 0 Å². The zero-order valence-electron chi connectivity index (χ0n) is 15.6. The van der Waals surface area contributed by atoms with Crippen LogP contribution in [0.3, 0.4) is 0 Å². The summed E-state index contributed by atoms with van der Waals surface area (Å²) in [5.41, 5.74) is 3.42. The van der Waals surface area contributed by atoms with Crippen LogP contribution in [0, 0.1) is 0 Å². The van der Waals surface area contributed by atoms with Crippen molar-refractivity contribution in [2.24, 2.45) is 0 Å². The van der Waals surface area contributed by atoms with Crippen LogP contribution in [0.2, 0.25) is 0 Å². The molecule has 0 aliphatic carbocycles. The van der Waals surface area contributed by atoms with Crippen LogP contribution < -0.4 is 10.1 Å². The minimum atomic E-state index is -0.155. The summed E-state index contributed by atoms with van der Waals surface area (Å²) in [5, 5.41) is 7.02. The standard InChI is InChI=1S/C22H19N5O2/c28-22(25-13-17-6-8-20(9-7-17)27-16-24-15-26-27)19-4-1-5-21(11-19)29-14-18-3-2-10-23-12-18/h1-12,15-16H,13-14H2,(H,25,28). The Kier molecular flexibility index (Phi) is 5.57. The zero-order chi connectivity index (χ0) is 19.9. The minimum absolute atomic E-state index is 0.155. The SMILES string of the molecule is O=C(NCc1ccc(-n2cncn2)cc1)c1cccc(OCc2cccnc2)c1. The Labute approximate surface area is 168 Å². The summed E-state index contributed by atoms with van der Waals surface area (Å²) in [6, 6.07) is 18.7. The van der Waals surface area contributed by atoms with E-state index in [0.717, 1.165) is 16.8 Å². The highest BCUT2D eigenvalue weighted by atomic mass is 16.5. The van der Waals surface area contributed by atoms with Crippen LogP contribution in [0.5, 0.6) is 5.75 Å². The fourth-order valence-electron chi connectivity index (χ4n) is 2.77. The molecule has 1 N–H and O–H groups in total. The van der Waals surface area contributed by atoms with Crippen molar-refractivity contribution in [3.63, 3.8) is 0 Å². The molecule has 0 saturated carbocycles. The molecule has 0 fully saturated rings. The lowest BCUT2D eigenvalue weighted by Crippen LogP contribution is -2.22. The fraction of sp³-hybridized carbons (Fsp3) is 0.0909. The molecule has 4 rings (SSSR count). The Morgan fingerprint density at radius 2 is 1.90 bits per heavy atom. The number of nitrogens with one attached hydrogen (secondary N) is 1. The van der Waals surface area contributed by atoms with Crippen molar-refractivity contribution in [1.82, 2.24) is 25.1 Å². The largest absolute Gasteiger partial charge is 0.489 e. The Bertz CT molecular complexity index is 1060. The molecular weight excluding hydrogens is 366 g/mol. The first-order valence-corrected chi connectivity index (χ1v) is 9.12. The second-order valence-corrected chi connectivity index (χ2v) is 6.37. The van der Waals surface area contributed by atoms with Gasteiger partial charge in [0.15, 0.2) is 0 Å². The molecule has 2 aromatic carbocycles. The van der Waals surface area contributed by atoms with Gasteiger partial charge < -0.3 is 10.1 Å². The molecule has 7 heteroatoms. The molecule has 2 heterocycles. The van der Waals surface area contributed by atoms with E-state index >= 15 is 0 Å². The van der Waals surface area contributed by atoms with Gasteiger partial charge in [0.2, 0.25) is 0 Å². The molecule has 29 heavy (non-hydrogen) atoms. The van der Waals surface area contributed by atoms with Crippen molar-refractivity contribution in [3.8, 4) is 11.4 Å². The number of amides is 1. The summed E-state index contributed by atoms with van der Waals surface area (Å²) < 4.78 is 7.44. The van der Waals surface area contributed by atoms with Crippen LogP contribution in [0.15, 0.2) is 85.7 Å². The van der Waals surface area contributed by atoms with Crippen LogP contribution in [0.4, 0.5) is 0 Å². The zero-order valence-corrected chi connectivity index (χ0v) is 15.6. The van der Waals surface area contributed by atoms with E-state index in [1.807, 2.05) is 42.5 Å². The van der Waals surface area contributed by atoms with E-state index in [-0.39, 0.29) is 5.91 Å². The van der Waals surface area contributed by atoms with Gasteiger partial charge in [-0.3, -0.25) is 9.78 Å². The van der Waals surface area contributed by atoms with Gasteiger partial charge in [-0.05, 0) is 42.0 Å². The molecule has 0 radical (unpaired) electrons. The number of carbonyl (C=O) groups is 1. The number of hydrogen-bond acceptors (Lipinski definition) is 5. The summed E-state index contributed by atoms with van der Waals surface area (Å²) >= 11 is 0. The van der Waals surface area contributed by atoms with Crippen molar-refractivity contribution < 1.29 is 9.53 Å². The lowest BCUT2D eigenvalue weighted by molar-refractivity contribution is 0.0950. The number of benzene rings is 2. The molecule has 1 amide bonds. The molecule has 0 spiro atoms. The summed E-state index contributed by atoms with van der Waals surface area (Å²) in [7, 11) is 0. The van der Waals surface area contributed by atoms with Crippen molar-refractivity contribution >= 4 is 5.91 Å². The van der Waals surface area contributed by atoms with Gasteiger partial charge in [0.05, 0.1) is 5.69 Å². The predicted octanol–water partition coefficient (Wildman–Crippen LogP) is 3.17. The number of pyridine rings is 1. The van der Waals surface area contributed by atoms with E-state index in [1.54, 1.807) is 41.6 Å². The van der Waals surface area contributed by atoms with Gasteiger partial charge in [-0.15, -0.1) is 0 Å². The van der Waals surface area contributed by atoms with Crippen molar-refractivity contribution in [2.75, 3.05) is 0 Å².